The number of thiazole rings is 1. The second-order valence-corrected chi connectivity index (χ2v) is 6.04. The first-order valence-corrected chi connectivity index (χ1v) is 7.45. The summed E-state index contributed by atoms with van der Waals surface area (Å²) < 4.78 is 0. The van der Waals surface area contributed by atoms with Crippen molar-refractivity contribution in [2.24, 2.45) is 11.8 Å². The summed E-state index contributed by atoms with van der Waals surface area (Å²) in [5.41, 5.74) is 1.73. The molecule has 4 nitrogen and oxygen atoms in total. The summed E-state index contributed by atoms with van der Waals surface area (Å²) in [4.78, 5) is 14.7. The molecule has 0 aromatic carbocycles. The van der Waals surface area contributed by atoms with Crippen LogP contribution in [0.2, 0.25) is 0 Å². The molecule has 18 heavy (non-hydrogen) atoms. The third-order valence-corrected chi connectivity index (χ3v) is 4.44. The van der Waals surface area contributed by atoms with Crippen LogP contribution in [0.15, 0.2) is 5.51 Å². The van der Waals surface area contributed by atoms with Crippen LogP contribution >= 0.6 is 11.3 Å². The molecule has 2 N–H and O–H groups in total. The molecule has 0 bridgehead atoms. The number of nitrogens with one attached hydrogen (secondary N) is 1. The van der Waals surface area contributed by atoms with Crippen LogP contribution in [0.3, 0.4) is 0 Å². The van der Waals surface area contributed by atoms with E-state index in [1.165, 1.54) is 37.0 Å². The number of aromatic carboxylic acids is 1. The first-order chi connectivity index (χ1) is 8.66. The largest absolute Gasteiger partial charge is 0.476 e. The summed E-state index contributed by atoms with van der Waals surface area (Å²) in [5.74, 6) is 0.689. The zero-order valence-corrected chi connectivity index (χ0v) is 11.5. The average Bonchev–Trinajstić information content (AvgIpc) is 2.77. The summed E-state index contributed by atoms with van der Waals surface area (Å²) in [6.45, 7) is 3.17. The molecule has 2 rings (SSSR count). The van der Waals surface area contributed by atoms with Gasteiger partial charge in [0.2, 0.25) is 0 Å². The van der Waals surface area contributed by atoms with Gasteiger partial charge in [-0.25, -0.2) is 9.78 Å². The van der Waals surface area contributed by atoms with Gasteiger partial charge in [0, 0.05) is 6.54 Å². The predicted octanol–water partition coefficient (Wildman–Crippen LogP) is 3.47. The van der Waals surface area contributed by atoms with Crippen LogP contribution in [-0.2, 0) is 0 Å². The van der Waals surface area contributed by atoms with Gasteiger partial charge in [-0.3, -0.25) is 0 Å². The van der Waals surface area contributed by atoms with Gasteiger partial charge in [-0.2, -0.15) is 0 Å². The Balaban J connectivity index is 1.78. The highest BCUT2D eigenvalue weighted by Crippen LogP contribution is 2.30. The summed E-state index contributed by atoms with van der Waals surface area (Å²) in [6, 6.07) is 0. The fourth-order valence-electron chi connectivity index (χ4n) is 2.74. The predicted molar refractivity (Wildman–Crippen MR) is 73.3 cm³/mol. The van der Waals surface area contributed by atoms with Crippen molar-refractivity contribution in [3.63, 3.8) is 0 Å². The highest BCUT2D eigenvalue weighted by atomic mass is 32.1. The molecule has 0 amide bonds. The second kappa shape index (κ2) is 6.18. The summed E-state index contributed by atoms with van der Waals surface area (Å²) >= 11 is 1.36. The minimum atomic E-state index is -0.954. The van der Waals surface area contributed by atoms with Crippen molar-refractivity contribution in [3.05, 3.63) is 11.2 Å². The van der Waals surface area contributed by atoms with Gasteiger partial charge in [0.05, 0.1) is 5.51 Å². The van der Waals surface area contributed by atoms with E-state index in [-0.39, 0.29) is 5.69 Å². The van der Waals surface area contributed by atoms with Crippen molar-refractivity contribution in [3.8, 4) is 0 Å². The molecule has 0 saturated heterocycles. The molecule has 1 saturated carbocycles. The molecule has 0 spiro atoms. The van der Waals surface area contributed by atoms with Crippen molar-refractivity contribution < 1.29 is 9.90 Å². The number of hydrogen-bond acceptors (Lipinski definition) is 4. The van der Waals surface area contributed by atoms with E-state index in [1.807, 2.05) is 0 Å². The molecular weight excluding hydrogens is 248 g/mol. The molecule has 1 aliphatic rings. The van der Waals surface area contributed by atoms with Gasteiger partial charge in [0.1, 0.15) is 5.00 Å². The molecule has 2 atom stereocenters. The molecule has 5 heteroatoms. The van der Waals surface area contributed by atoms with Crippen molar-refractivity contribution in [2.45, 2.75) is 39.0 Å². The van der Waals surface area contributed by atoms with Crippen molar-refractivity contribution in [1.29, 1.82) is 0 Å². The zero-order valence-electron chi connectivity index (χ0n) is 10.7. The minimum Gasteiger partial charge on any atom is -0.476 e. The van der Waals surface area contributed by atoms with E-state index in [2.05, 4.69) is 17.2 Å². The highest BCUT2D eigenvalue weighted by Gasteiger charge is 2.19. The molecule has 2 unspecified atom stereocenters. The Morgan fingerprint density at radius 1 is 1.61 bits per heavy atom. The smallest absolute Gasteiger partial charge is 0.357 e. The van der Waals surface area contributed by atoms with Gasteiger partial charge in [-0.15, -0.1) is 11.3 Å². The summed E-state index contributed by atoms with van der Waals surface area (Å²) in [6.07, 6.45) is 6.46. The van der Waals surface area contributed by atoms with Crippen LogP contribution in [0.1, 0.15) is 49.5 Å². The maximum Gasteiger partial charge on any atom is 0.357 e. The van der Waals surface area contributed by atoms with Crippen LogP contribution in [0.5, 0.6) is 0 Å². The lowest BCUT2D eigenvalue weighted by Crippen LogP contribution is -2.17. The number of carboxylic acid groups (broad SMARTS) is 1. The van der Waals surface area contributed by atoms with Gasteiger partial charge in [0.15, 0.2) is 5.69 Å². The molecule has 1 fully saturated rings. The van der Waals surface area contributed by atoms with Crippen molar-refractivity contribution in [2.75, 3.05) is 11.9 Å². The third kappa shape index (κ3) is 3.45. The van der Waals surface area contributed by atoms with E-state index in [0.717, 1.165) is 24.8 Å². The molecule has 100 valence electrons. The maximum atomic E-state index is 10.9. The number of hydrogen-bond donors (Lipinski definition) is 2. The van der Waals surface area contributed by atoms with Crippen LogP contribution in [-0.4, -0.2) is 22.6 Å². The third-order valence-electron chi connectivity index (χ3n) is 3.65. The number of anilines is 1. The SMILES string of the molecule is CC1CCCC(CCNc2scnc2C(=O)O)C1. The zero-order chi connectivity index (χ0) is 13.0. The van der Waals surface area contributed by atoms with E-state index in [0.29, 0.717) is 5.00 Å². The number of aromatic nitrogens is 1. The summed E-state index contributed by atoms with van der Waals surface area (Å²) in [7, 11) is 0. The van der Waals surface area contributed by atoms with Gasteiger partial charge in [-0.05, 0) is 24.7 Å². The lowest BCUT2D eigenvalue weighted by atomic mass is 9.81. The van der Waals surface area contributed by atoms with Crippen LogP contribution in [0, 0.1) is 11.8 Å². The first-order valence-electron chi connectivity index (χ1n) is 6.57. The van der Waals surface area contributed by atoms with Crippen LogP contribution in [0.4, 0.5) is 5.00 Å². The molecule has 1 heterocycles. The number of carbonyl (C=O) groups is 1. The van der Waals surface area contributed by atoms with Crippen LogP contribution in [0.25, 0.3) is 0 Å². The Kier molecular flexibility index (Phi) is 4.58. The lowest BCUT2D eigenvalue weighted by molar-refractivity contribution is 0.0692. The Bertz CT molecular complexity index is 405. The number of carboxylic acids is 1. The molecular formula is C13H20N2O2S. The lowest BCUT2D eigenvalue weighted by Gasteiger charge is -2.26. The fraction of sp³-hybridized carbons (Fsp3) is 0.692. The van der Waals surface area contributed by atoms with Crippen LogP contribution < -0.4 is 5.32 Å². The summed E-state index contributed by atoms with van der Waals surface area (Å²) in [5, 5.41) is 12.8. The molecule has 1 aliphatic carbocycles. The Morgan fingerprint density at radius 3 is 3.17 bits per heavy atom. The molecule has 0 radical (unpaired) electrons. The van der Waals surface area contributed by atoms with E-state index >= 15 is 0 Å². The number of rotatable bonds is 5. The topological polar surface area (TPSA) is 62.2 Å². The van der Waals surface area contributed by atoms with E-state index in [1.54, 1.807) is 5.51 Å². The number of nitrogens with zero attached hydrogens (tertiary/aromatic N) is 1. The van der Waals surface area contributed by atoms with E-state index in [4.69, 9.17) is 5.11 Å². The Hall–Kier alpha value is -1.10. The van der Waals surface area contributed by atoms with Gasteiger partial charge in [0.25, 0.3) is 0 Å². The van der Waals surface area contributed by atoms with E-state index < -0.39 is 5.97 Å². The van der Waals surface area contributed by atoms with Gasteiger partial charge in [-0.1, -0.05) is 26.2 Å². The Labute approximate surface area is 111 Å². The second-order valence-electron chi connectivity index (χ2n) is 5.19. The van der Waals surface area contributed by atoms with E-state index in [9.17, 15) is 4.79 Å². The van der Waals surface area contributed by atoms with Gasteiger partial charge >= 0.3 is 5.97 Å². The first kappa shape index (κ1) is 13.3. The molecule has 0 aliphatic heterocycles. The average molecular weight is 268 g/mol. The quantitative estimate of drug-likeness (QED) is 0.858. The standard InChI is InChI=1S/C13H20N2O2S/c1-9-3-2-4-10(7-9)5-6-14-12-11(13(16)17)15-8-18-12/h8-10,14H,2-7H2,1H3,(H,16,17). The minimum absolute atomic E-state index is 0.150. The monoisotopic (exact) mass is 268 g/mol. The maximum absolute atomic E-state index is 10.9. The Morgan fingerprint density at radius 2 is 2.44 bits per heavy atom. The molecule has 1 aromatic rings. The van der Waals surface area contributed by atoms with Crippen molar-refractivity contribution in [1.82, 2.24) is 4.98 Å². The van der Waals surface area contributed by atoms with Crippen molar-refractivity contribution >= 4 is 22.3 Å². The normalized spacial score (nSPS) is 23.8. The molecule has 1 aromatic heterocycles. The highest BCUT2D eigenvalue weighted by molar-refractivity contribution is 7.14. The van der Waals surface area contributed by atoms with Gasteiger partial charge < -0.3 is 10.4 Å². The fourth-order valence-corrected chi connectivity index (χ4v) is 3.44.